The van der Waals surface area contributed by atoms with Crippen LogP contribution in [0.15, 0.2) is 16.6 Å². The maximum absolute atomic E-state index is 14.0. The second-order valence-electron chi connectivity index (χ2n) is 4.98. The van der Waals surface area contributed by atoms with Crippen molar-refractivity contribution in [3.63, 3.8) is 0 Å². The second kappa shape index (κ2) is 5.62. The smallest absolute Gasteiger partial charge is 0.248 e. The predicted octanol–water partition coefficient (Wildman–Crippen LogP) is 5.07. The lowest BCUT2D eigenvalue weighted by atomic mass is 9.80. The molecule has 1 aromatic carbocycles. The molecule has 1 fully saturated rings. The molecule has 0 heterocycles. The quantitative estimate of drug-likeness (QED) is 0.736. The average molecular weight is 357 g/mol. The molecule has 0 radical (unpaired) electrons. The molecule has 2 N–H and O–H groups in total. The lowest BCUT2D eigenvalue weighted by molar-refractivity contribution is -0.0484. The normalized spacial score (nSPS) is 21.4. The van der Waals surface area contributed by atoms with Crippen LogP contribution < -0.4 is 5.73 Å². The van der Waals surface area contributed by atoms with Crippen molar-refractivity contribution < 1.29 is 13.2 Å². The number of hydrogen-bond acceptors (Lipinski definition) is 1. The molecule has 1 saturated carbocycles. The largest absolute Gasteiger partial charge is 0.324 e. The van der Waals surface area contributed by atoms with Crippen molar-refractivity contribution in [2.24, 2.45) is 11.7 Å². The van der Waals surface area contributed by atoms with E-state index in [4.69, 9.17) is 17.3 Å². The first-order chi connectivity index (χ1) is 8.82. The van der Waals surface area contributed by atoms with Gasteiger partial charge < -0.3 is 5.73 Å². The Balaban J connectivity index is 2.17. The summed E-state index contributed by atoms with van der Waals surface area (Å²) in [6.45, 7) is 0. The van der Waals surface area contributed by atoms with Crippen LogP contribution >= 0.6 is 27.5 Å². The highest BCUT2D eigenvalue weighted by atomic mass is 79.9. The number of alkyl halides is 2. The molecule has 19 heavy (non-hydrogen) atoms. The SMILES string of the molecule is NC(c1ccc(Br)c(Cl)c1F)C1CCC(F)(F)CC1. The van der Waals surface area contributed by atoms with Gasteiger partial charge in [-0.05, 0) is 40.8 Å². The fraction of sp³-hybridized carbons (Fsp3) is 0.538. The van der Waals surface area contributed by atoms with E-state index in [0.29, 0.717) is 22.9 Å². The van der Waals surface area contributed by atoms with E-state index < -0.39 is 17.8 Å². The molecule has 1 nitrogen and oxygen atoms in total. The van der Waals surface area contributed by atoms with Gasteiger partial charge in [-0.3, -0.25) is 0 Å². The van der Waals surface area contributed by atoms with Crippen molar-refractivity contribution in [2.75, 3.05) is 0 Å². The fourth-order valence-electron chi connectivity index (χ4n) is 2.47. The van der Waals surface area contributed by atoms with Crippen LogP contribution in [0.3, 0.4) is 0 Å². The topological polar surface area (TPSA) is 26.0 Å². The number of rotatable bonds is 2. The predicted molar refractivity (Wildman–Crippen MR) is 72.9 cm³/mol. The van der Waals surface area contributed by atoms with Gasteiger partial charge in [0.1, 0.15) is 5.82 Å². The zero-order chi connectivity index (χ0) is 14.2. The maximum atomic E-state index is 14.0. The Morgan fingerprint density at radius 1 is 1.32 bits per heavy atom. The summed E-state index contributed by atoms with van der Waals surface area (Å²) in [5.41, 5.74) is 6.31. The molecule has 1 unspecified atom stereocenters. The summed E-state index contributed by atoms with van der Waals surface area (Å²) >= 11 is 8.94. The van der Waals surface area contributed by atoms with E-state index in [1.165, 1.54) is 0 Å². The van der Waals surface area contributed by atoms with Crippen LogP contribution in [0.2, 0.25) is 5.02 Å². The van der Waals surface area contributed by atoms with Crippen LogP contribution in [0.4, 0.5) is 13.2 Å². The number of benzene rings is 1. The Morgan fingerprint density at radius 2 is 1.89 bits per heavy atom. The zero-order valence-corrected chi connectivity index (χ0v) is 12.4. The number of hydrogen-bond donors (Lipinski definition) is 1. The standard InChI is InChI=1S/C13H14BrClF3N/c14-9-2-1-8(11(16)10(9)15)12(19)7-3-5-13(17,18)6-4-7/h1-2,7,12H,3-6,19H2. The maximum Gasteiger partial charge on any atom is 0.248 e. The molecule has 0 bridgehead atoms. The summed E-state index contributed by atoms with van der Waals surface area (Å²) in [7, 11) is 0. The van der Waals surface area contributed by atoms with Gasteiger partial charge in [0.25, 0.3) is 0 Å². The minimum absolute atomic E-state index is 0.0194. The number of halogens is 5. The van der Waals surface area contributed by atoms with Crippen LogP contribution in [-0.4, -0.2) is 5.92 Å². The van der Waals surface area contributed by atoms with Crippen LogP contribution in [-0.2, 0) is 0 Å². The molecule has 1 aromatic rings. The highest BCUT2D eigenvalue weighted by Gasteiger charge is 2.37. The van der Waals surface area contributed by atoms with Gasteiger partial charge in [-0.25, -0.2) is 13.2 Å². The molecule has 1 aliphatic carbocycles. The molecule has 0 amide bonds. The Kier molecular flexibility index (Phi) is 4.48. The molecular weight excluding hydrogens is 343 g/mol. The summed E-state index contributed by atoms with van der Waals surface area (Å²) in [5, 5.41) is -0.0194. The Labute approximate surface area is 123 Å². The molecule has 1 aliphatic rings. The second-order valence-corrected chi connectivity index (χ2v) is 6.22. The average Bonchev–Trinajstić information content (AvgIpc) is 2.35. The Morgan fingerprint density at radius 3 is 2.47 bits per heavy atom. The van der Waals surface area contributed by atoms with E-state index in [9.17, 15) is 13.2 Å². The third-order valence-corrected chi connectivity index (χ3v) is 4.95. The minimum atomic E-state index is -2.61. The van der Waals surface area contributed by atoms with Crippen LogP contribution in [0, 0.1) is 11.7 Å². The lowest BCUT2D eigenvalue weighted by Gasteiger charge is -2.32. The van der Waals surface area contributed by atoms with Crippen molar-refractivity contribution in [1.29, 1.82) is 0 Å². The molecule has 0 spiro atoms. The molecule has 2 rings (SSSR count). The highest BCUT2D eigenvalue weighted by Crippen LogP contribution is 2.42. The van der Waals surface area contributed by atoms with E-state index >= 15 is 0 Å². The minimum Gasteiger partial charge on any atom is -0.324 e. The third-order valence-electron chi connectivity index (χ3n) is 3.69. The summed E-state index contributed by atoms with van der Waals surface area (Å²) < 4.78 is 40.7. The van der Waals surface area contributed by atoms with E-state index in [2.05, 4.69) is 15.9 Å². The Bertz CT molecular complexity index is 471. The van der Waals surface area contributed by atoms with E-state index in [1.807, 2.05) is 0 Å². The molecule has 6 heteroatoms. The van der Waals surface area contributed by atoms with Crippen LogP contribution in [0.1, 0.15) is 37.3 Å². The number of nitrogens with two attached hydrogens (primary N) is 1. The van der Waals surface area contributed by atoms with Gasteiger partial charge in [0.15, 0.2) is 0 Å². The molecule has 0 saturated heterocycles. The van der Waals surface area contributed by atoms with E-state index in [-0.39, 0.29) is 23.8 Å². The van der Waals surface area contributed by atoms with Gasteiger partial charge in [0.2, 0.25) is 5.92 Å². The monoisotopic (exact) mass is 355 g/mol. The molecule has 106 valence electrons. The zero-order valence-electron chi connectivity index (χ0n) is 10.1. The van der Waals surface area contributed by atoms with Crippen LogP contribution in [0.25, 0.3) is 0 Å². The van der Waals surface area contributed by atoms with Crippen molar-refractivity contribution in [2.45, 2.75) is 37.6 Å². The Hall–Kier alpha value is -0.260. The first kappa shape index (κ1) is 15.1. The van der Waals surface area contributed by atoms with Gasteiger partial charge >= 0.3 is 0 Å². The first-order valence-electron chi connectivity index (χ1n) is 6.08. The highest BCUT2D eigenvalue weighted by molar-refractivity contribution is 9.10. The molecule has 1 atom stereocenters. The van der Waals surface area contributed by atoms with Crippen molar-refractivity contribution in [1.82, 2.24) is 0 Å². The third kappa shape index (κ3) is 3.26. The molecular formula is C13H14BrClF3N. The van der Waals surface area contributed by atoms with E-state index in [1.54, 1.807) is 12.1 Å². The molecule has 0 aliphatic heterocycles. The summed E-state index contributed by atoms with van der Waals surface area (Å²) in [6.07, 6.45) is 0.247. The van der Waals surface area contributed by atoms with Gasteiger partial charge in [-0.2, -0.15) is 0 Å². The molecule has 0 aromatic heterocycles. The fourth-order valence-corrected chi connectivity index (χ4v) is 2.95. The van der Waals surface area contributed by atoms with Crippen LogP contribution in [0.5, 0.6) is 0 Å². The lowest BCUT2D eigenvalue weighted by Crippen LogP contribution is -2.31. The first-order valence-corrected chi connectivity index (χ1v) is 7.26. The van der Waals surface area contributed by atoms with Gasteiger partial charge in [0.05, 0.1) is 5.02 Å². The van der Waals surface area contributed by atoms with E-state index in [0.717, 1.165) is 0 Å². The van der Waals surface area contributed by atoms with Gasteiger partial charge in [-0.15, -0.1) is 0 Å². The van der Waals surface area contributed by atoms with Crippen molar-refractivity contribution in [3.8, 4) is 0 Å². The summed E-state index contributed by atoms with van der Waals surface area (Å²) in [6, 6.07) is 2.59. The summed E-state index contributed by atoms with van der Waals surface area (Å²) in [4.78, 5) is 0. The van der Waals surface area contributed by atoms with Crippen molar-refractivity contribution >= 4 is 27.5 Å². The van der Waals surface area contributed by atoms with Gasteiger partial charge in [-0.1, -0.05) is 17.7 Å². The van der Waals surface area contributed by atoms with Crippen molar-refractivity contribution in [3.05, 3.63) is 33.0 Å². The van der Waals surface area contributed by atoms with Gasteiger partial charge in [0, 0.05) is 28.9 Å². The summed E-state index contributed by atoms with van der Waals surface area (Å²) in [5.74, 6) is -3.31.